The van der Waals surface area contributed by atoms with E-state index < -0.39 is 0 Å². The summed E-state index contributed by atoms with van der Waals surface area (Å²) in [6, 6.07) is 3.70. The quantitative estimate of drug-likeness (QED) is 0.698. The highest BCUT2D eigenvalue weighted by Crippen LogP contribution is 2.34. The van der Waals surface area contributed by atoms with E-state index in [-0.39, 0.29) is 18.2 Å². The minimum atomic E-state index is -0.0346. The molecule has 0 heterocycles. The van der Waals surface area contributed by atoms with Crippen LogP contribution in [0, 0.1) is 5.92 Å². The molecule has 1 rings (SSSR count). The molecule has 0 aliphatic rings. The lowest BCUT2D eigenvalue weighted by Gasteiger charge is -2.15. The van der Waals surface area contributed by atoms with Gasteiger partial charge in [-0.2, -0.15) is 0 Å². The van der Waals surface area contributed by atoms with Gasteiger partial charge in [-0.25, -0.2) is 0 Å². The Labute approximate surface area is 140 Å². The van der Waals surface area contributed by atoms with E-state index in [1.54, 1.807) is 0 Å². The summed E-state index contributed by atoms with van der Waals surface area (Å²) < 4.78 is 12.0. The lowest BCUT2D eigenvalue weighted by atomic mass is 10.1. The topological polar surface area (TPSA) is 73.6 Å². The van der Waals surface area contributed by atoms with Crippen molar-refractivity contribution in [3.63, 3.8) is 0 Å². The predicted molar refractivity (Wildman–Crippen MR) is 91.4 cm³/mol. The summed E-state index contributed by atoms with van der Waals surface area (Å²) in [7, 11) is 0. The number of nitrogens with two attached hydrogens (primary N) is 1. The summed E-state index contributed by atoms with van der Waals surface area (Å²) in [6.45, 7) is 8.08. The van der Waals surface area contributed by atoms with Gasteiger partial charge in [0.05, 0.1) is 19.6 Å². The van der Waals surface area contributed by atoms with Gasteiger partial charge in [-0.1, -0.05) is 22.9 Å². The number of carbonyl (C=O) groups is 1. The Morgan fingerprint density at radius 2 is 1.86 bits per heavy atom. The van der Waals surface area contributed by atoms with Crippen LogP contribution < -0.4 is 20.5 Å². The standard InChI is InChI=1S/C16H25BrN2O3/c1-4-21-14-6-12(13(17)8-15(14)22-5-2)7-16(20)19-10-11(3)9-18/h6,8,11H,4-5,7,9-10,18H2,1-3H3,(H,19,20). The van der Waals surface area contributed by atoms with Gasteiger partial charge in [-0.3, -0.25) is 4.79 Å². The number of hydrogen-bond acceptors (Lipinski definition) is 4. The van der Waals surface area contributed by atoms with Gasteiger partial charge in [-0.05, 0) is 44.0 Å². The first-order valence-corrected chi connectivity index (χ1v) is 8.35. The molecule has 1 atom stereocenters. The lowest BCUT2D eigenvalue weighted by Crippen LogP contribution is -2.32. The van der Waals surface area contributed by atoms with Crippen molar-refractivity contribution in [3.05, 3.63) is 22.2 Å². The molecular weight excluding hydrogens is 348 g/mol. The third-order valence-corrected chi connectivity index (χ3v) is 3.85. The van der Waals surface area contributed by atoms with Gasteiger partial charge < -0.3 is 20.5 Å². The van der Waals surface area contributed by atoms with Crippen LogP contribution in [0.5, 0.6) is 11.5 Å². The Morgan fingerprint density at radius 3 is 2.41 bits per heavy atom. The lowest BCUT2D eigenvalue weighted by molar-refractivity contribution is -0.120. The Hall–Kier alpha value is -1.27. The monoisotopic (exact) mass is 372 g/mol. The van der Waals surface area contributed by atoms with Crippen molar-refractivity contribution in [2.75, 3.05) is 26.3 Å². The molecule has 0 aromatic heterocycles. The fourth-order valence-electron chi connectivity index (χ4n) is 1.86. The van der Waals surface area contributed by atoms with E-state index in [0.717, 1.165) is 10.0 Å². The van der Waals surface area contributed by atoms with Crippen molar-refractivity contribution >= 4 is 21.8 Å². The highest BCUT2D eigenvalue weighted by molar-refractivity contribution is 9.10. The predicted octanol–water partition coefficient (Wildman–Crippen LogP) is 2.50. The van der Waals surface area contributed by atoms with Gasteiger partial charge >= 0.3 is 0 Å². The van der Waals surface area contributed by atoms with E-state index in [0.29, 0.717) is 37.8 Å². The molecule has 22 heavy (non-hydrogen) atoms. The second kappa shape index (κ2) is 9.69. The zero-order chi connectivity index (χ0) is 16.5. The average Bonchev–Trinajstić information content (AvgIpc) is 2.49. The van der Waals surface area contributed by atoms with Crippen molar-refractivity contribution in [2.24, 2.45) is 11.7 Å². The van der Waals surface area contributed by atoms with Crippen LogP contribution in [-0.4, -0.2) is 32.2 Å². The number of rotatable bonds is 9. The molecular formula is C16H25BrN2O3. The molecule has 1 aromatic carbocycles. The SMILES string of the molecule is CCOc1cc(Br)c(CC(=O)NCC(C)CN)cc1OCC. The number of amides is 1. The van der Waals surface area contributed by atoms with Crippen LogP contribution in [0.15, 0.2) is 16.6 Å². The number of benzene rings is 1. The molecule has 0 radical (unpaired) electrons. The Bertz CT molecular complexity index is 495. The molecule has 0 saturated heterocycles. The zero-order valence-electron chi connectivity index (χ0n) is 13.4. The van der Waals surface area contributed by atoms with Crippen LogP contribution in [0.3, 0.4) is 0 Å². The van der Waals surface area contributed by atoms with E-state index in [1.165, 1.54) is 0 Å². The van der Waals surface area contributed by atoms with Crippen LogP contribution in [0.25, 0.3) is 0 Å². The number of carbonyl (C=O) groups excluding carboxylic acids is 1. The van der Waals surface area contributed by atoms with E-state index in [1.807, 2.05) is 32.9 Å². The van der Waals surface area contributed by atoms with Crippen molar-refractivity contribution in [3.8, 4) is 11.5 Å². The number of hydrogen-bond donors (Lipinski definition) is 2. The normalized spacial score (nSPS) is 11.9. The first-order chi connectivity index (χ1) is 10.5. The van der Waals surface area contributed by atoms with Gasteiger partial charge in [0, 0.05) is 11.0 Å². The summed E-state index contributed by atoms with van der Waals surface area (Å²) in [6.07, 6.45) is 0.282. The average molecular weight is 373 g/mol. The Morgan fingerprint density at radius 1 is 1.27 bits per heavy atom. The molecule has 0 fully saturated rings. The van der Waals surface area contributed by atoms with E-state index in [4.69, 9.17) is 15.2 Å². The molecule has 0 spiro atoms. The third kappa shape index (κ3) is 5.85. The van der Waals surface area contributed by atoms with Crippen LogP contribution in [0.2, 0.25) is 0 Å². The molecule has 5 nitrogen and oxygen atoms in total. The third-order valence-electron chi connectivity index (χ3n) is 3.11. The Balaban J connectivity index is 2.81. The van der Waals surface area contributed by atoms with Gasteiger partial charge in [0.1, 0.15) is 0 Å². The highest BCUT2D eigenvalue weighted by atomic mass is 79.9. The molecule has 0 aliphatic carbocycles. The highest BCUT2D eigenvalue weighted by Gasteiger charge is 2.13. The smallest absolute Gasteiger partial charge is 0.224 e. The summed E-state index contributed by atoms with van der Waals surface area (Å²) in [4.78, 5) is 12.0. The number of ether oxygens (including phenoxy) is 2. The van der Waals surface area contributed by atoms with Gasteiger partial charge in [-0.15, -0.1) is 0 Å². The van der Waals surface area contributed by atoms with Gasteiger partial charge in [0.2, 0.25) is 5.91 Å². The molecule has 1 unspecified atom stereocenters. The van der Waals surface area contributed by atoms with Gasteiger partial charge in [0.15, 0.2) is 11.5 Å². The maximum absolute atomic E-state index is 12.0. The van der Waals surface area contributed by atoms with Gasteiger partial charge in [0.25, 0.3) is 0 Å². The van der Waals surface area contributed by atoms with E-state index in [2.05, 4.69) is 21.2 Å². The fourth-order valence-corrected chi connectivity index (χ4v) is 2.32. The first-order valence-electron chi connectivity index (χ1n) is 7.56. The summed E-state index contributed by atoms with van der Waals surface area (Å²) in [5.41, 5.74) is 6.41. The minimum Gasteiger partial charge on any atom is -0.490 e. The largest absolute Gasteiger partial charge is 0.490 e. The maximum atomic E-state index is 12.0. The zero-order valence-corrected chi connectivity index (χ0v) is 15.0. The minimum absolute atomic E-state index is 0.0346. The van der Waals surface area contributed by atoms with Crippen molar-refractivity contribution in [1.82, 2.24) is 5.32 Å². The molecule has 3 N–H and O–H groups in total. The van der Waals surface area contributed by atoms with E-state index in [9.17, 15) is 4.79 Å². The summed E-state index contributed by atoms with van der Waals surface area (Å²) >= 11 is 3.49. The molecule has 0 saturated carbocycles. The summed E-state index contributed by atoms with van der Waals surface area (Å²) in [5, 5.41) is 2.89. The molecule has 1 aromatic rings. The van der Waals surface area contributed by atoms with Crippen LogP contribution in [-0.2, 0) is 11.2 Å². The molecule has 124 valence electrons. The van der Waals surface area contributed by atoms with Crippen molar-refractivity contribution in [2.45, 2.75) is 27.2 Å². The molecule has 0 aliphatic heterocycles. The molecule has 6 heteroatoms. The molecule has 1 amide bonds. The maximum Gasteiger partial charge on any atom is 0.224 e. The van der Waals surface area contributed by atoms with Crippen LogP contribution in [0.1, 0.15) is 26.3 Å². The second-order valence-corrected chi connectivity index (χ2v) is 5.93. The fraction of sp³-hybridized carbons (Fsp3) is 0.562. The van der Waals surface area contributed by atoms with Crippen LogP contribution >= 0.6 is 15.9 Å². The first kappa shape index (κ1) is 18.8. The van der Waals surface area contributed by atoms with Crippen molar-refractivity contribution in [1.29, 1.82) is 0 Å². The van der Waals surface area contributed by atoms with Crippen LogP contribution in [0.4, 0.5) is 0 Å². The van der Waals surface area contributed by atoms with Crippen molar-refractivity contribution < 1.29 is 14.3 Å². The summed E-state index contributed by atoms with van der Waals surface area (Å²) in [5.74, 6) is 1.57. The number of halogens is 1. The molecule has 0 bridgehead atoms. The number of nitrogens with one attached hydrogen (secondary N) is 1. The Kier molecular flexibility index (Phi) is 8.27. The second-order valence-electron chi connectivity index (χ2n) is 5.08. The van der Waals surface area contributed by atoms with E-state index >= 15 is 0 Å².